The van der Waals surface area contributed by atoms with Crippen LogP contribution in [0.2, 0.25) is 5.02 Å². The highest BCUT2D eigenvalue weighted by atomic mass is 35.5. The average molecular weight is 312 g/mol. The summed E-state index contributed by atoms with van der Waals surface area (Å²) in [6.45, 7) is 6.47. The number of carbonyl (C=O) groups excluding carboxylic acids is 1. The van der Waals surface area contributed by atoms with E-state index in [0.29, 0.717) is 18.0 Å². The average Bonchev–Trinajstić information content (AvgIpc) is 2.68. The van der Waals surface area contributed by atoms with Gasteiger partial charge in [-0.25, -0.2) is 4.98 Å². The van der Waals surface area contributed by atoms with Crippen molar-refractivity contribution in [2.75, 3.05) is 11.9 Å². The molecule has 108 valence electrons. The molecule has 4 nitrogen and oxygen atoms in total. The van der Waals surface area contributed by atoms with Crippen molar-refractivity contribution in [1.29, 1.82) is 0 Å². The molecule has 0 saturated heterocycles. The maximum Gasteiger partial charge on any atom is 0.222 e. The molecular weight excluding hydrogens is 294 g/mol. The second-order valence-corrected chi connectivity index (χ2v) is 7.07. The molecule has 1 aromatic carbocycles. The Kier molecular flexibility index (Phi) is 4.50. The highest BCUT2D eigenvalue weighted by Crippen LogP contribution is 2.27. The zero-order chi connectivity index (χ0) is 14.8. The van der Waals surface area contributed by atoms with Gasteiger partial charge >= 0.3 is 0 Å². The monoisotopic (exact) mass is 311 g/mol. The molecular formula is C14H18ClN3OS. The van der Waals surface area contributed by atoms with Gasteiger partial charge in [-0.1, -0.05) is 22.9 Å². The van der Waals surface area contributed by atoms with Crippen LogP contribution in [0.1, 0.15) is 27.2 Å². The first kappa shape index (κ1) is 15.1. The molecule has 0 saturated carbocycles. The Hall–Kier alpha value is -1.33. The lowest BCUT2D eigenvalue weighted by Crippen LogP contribution is -2.41. The normalized spacial score (nSPS) is 11.6. The number of aromatic nitrogens is 1. The summed E-state index contributed by atoms with van der Waals surface area (Å²) in [6, 6.07) is 5.64. The molecule has 0 aliphatic heterocycles. The first-order valence-electron chi connectivity index (χ1n) is 6.44. The number of hydrogen-bond donors (Lipinski definition) is 2. The molecule has 0 radical (unpaired) electrons. The summed E-state index contributed by atoms with van der Waals surface area (Å²) in [5.41, 5.74) is 0.688. The van der Waals surface area contributed by atoms with Gasteiger partial charge in [0.25, 0.3) is 0 Å². The van der Waals surface area contributed by atoms with Crippen molar-refractivity contribution in [3.05, 3.63) is 23.2 Å². The molecule has 0 bridgehead atoms. The van der Waals surface area contributed by atoms with Crippen molar-refractivity contribution >= 4 is 44.2 Å². The van der Waals surface area contributed by atoms with E-state index in [1.807, 2.05) is 39.0 Å². The van der Waals surface area contributed by atoms with Crippen LogP contribution in [0.3, 0.4) is 0 Å². The van der Waals surface area contributed by atoms with Gasteiger partial charge in [0.05, 0.1) is 10.2 Å². The van der Waals surface area contributed by atoms with Crippen molar-refractivity contribution in [1.82, 2.24) is 10.3 Å². The van der Waals surface area contributed by atoms with Gasteiger partial charge in [-0.05, 0) is 39.0 Å². The van der Waals surface area contributed by atoms with Crippen LogP contribution >= 0.6 is 22.9 Å². The Bertz CT molecular complexity index is 618. The second-order valence-electron chi connectivity index (χ2n) is 5.61. The number of amides is 1. The predicted octanol–water partition coefficient (Wildman–Crippen LogP) is 3.67. The van der Waals surface area contributed by atoms with Gasteiger partial charge in [-0.15, -0.1) is 0 Å². The van der Waals surface area contributed by atoms with E-state index < -0.39 is 0 Å². The van der Waals surface area contributed by atoms with Gasteiger partial charge < -0.3 is 10.6 Å². The zero-order valence-electron chi connectivity index (χ0n) is 11.8. The number of fused-ring (bicyclic) bond motifs is 1. The molecule has 2 aromatic rings. The number of rotatable bonds is 4. The minimum absolute atomic E-state index is 0.0363. The number of nitrogens with zero attached hydrogens (tertiary/aromatic N) is 1. The summed E-state index contributed by atoms with van der Waals surface area (Å²) in [5.74, 6) is 0.0363. The van der Waals surface area contributed by atoms with E-state index in [-0.39, 0.29) is 11.4 Å². The van der Waals surface area contributed by atoms with E-state index in [0.717, 1.165) is 15.3 Å². The SMILES string of the molecule is CC(C)(C)NC(=O)CCNc1nc2cc(Cl)ccc2s1. The van der Waals surface area contributed by atoms with Crippen molar-refractivity contribution in [2.45, 2.75) is 32.7 Å². The second kappa shape index (κ2) is 5.97. The van der Waals surface area contributed by atoms with Gasteiger partial charge in [-0.3, -0.25) is 4.79 Å². The lowest BCUT2D eigenvalue weighted by Gasteiger charge is -2.20. The summed E-state index contributed by atoms with van der Waals surface area (Å²) in [7, 11) is 0. The maximum absolute atomic E-state index is 11.7. The Balaban J connectivity index is 1.88. The third kappa shape index (κ3) is 4.35. The predicted molar refractivity (Wildman–Crippen MR) is 85.6 cm³/mol. The van der Waals surface area contributed by atoms with E-state index >= 15 is 0 Å². The van der Waals surface area contributed by atoms with E-state index in [1.54, 1.807) is 11.3 Å². The van der Waals surface area contributed by atoms with E-state index in [4.69, 9.17) is 11.6 Å². The van der Waals surface area contributed by atoms with Gasteiger partial charge in [0.2, 0.25) is 5.91 Å². The lowest BCUT2D eigenvalue weighted by atomic mass is 10.1. The number of carbonyl (C=O) groups is 1. The summed E-state index contributed by atoms with van der Waals surface area (Å²) in [4.78, 5) is 16.1. The summed E-state index contributed by atoms with van der Waals surface area (Å²) < 4.78 is 1.08. The minimum Gasteiger partial charge on any atom is -0.361 e. The van der Waals surface area contributed by atoms with Crippen molar-refractivity contribution in [2.24, 2.45) is 0 Å². The van der Waals surface area contributed by atoms with E-state index in [2.05, 4.69) is 15.6 Å². The Morgan fingerprint density at radius 3 is 2.85 bits per heavy atom. The summed E-state index contributed by atoms with van der Waals surface area (Å²) in [6.07, 6.45) is 0.425. The fourth-order valence-electron chi connectivity index (χ4n) is 1.74. The fourth-order valence-corrected chi connectivity index (χ4v) is 2.78. The lowest BCUT2D eigenvalue weighted by molar-refractivity contribution is -0.122. The summed E-state index contributed by atoms with van der Waals surface area (Å²) in [5, 5.41) is 7.59. The molecule has 2 rings (SSSR count). The van der Waals surface area contributed by atoms with E-state index in [1.165, 1.54) is 0 Å². The molecule has 6 heteroatoms. The van der Waals surface area contributed by atoms with Gasteiger partial charge in [0.15, 0.2) is 5.13 Å². The van der Waals surface area contributed by atoms with Crippen LogP contribution in [0.15, 0.2) is 18.2 Å². The molecule has 0 spiro atoms. The number of nitrogens with one attached hydrogen (secondary N) is 2. The Morgan fingerprint density at radius 1 is 1.40 bits per heavy atom. The topological polar surface area (TPSA) is 54.0 Å². The highest BCUT2D eigenvalue weighted by Gasteiger charge is 2.13. The molecule has 2 N–H and O–H groups in total. The van der Waals surface area contributed by atoms with Crippen LogP contribution < -0.4 is 10.6 Å². The van der Waals surface area contributed by atoms with Crippen molar-refractivity contribution < 1.29 is 4.79 Å². The molecule has 1 amide bonds. The smallest absolute Gasteiger partial charge is 0.222 e. The Morgan fingerprint density at radius 2 is 2.15 bits per heavy atom. The molecule has 0 atom stereocenters. The number of halogens is 1. The minimum atomic E-state index is -0.191. The van der Waals surface area contributed by atoms with Crippen LogP contribution in [-0.4, -0.2) is 23.0 Å². The molecule has 20 heavy (non-hydrogen) atoms. The first-order chi connectivity index (χ1) is 9.33. The first-order valence-corrected chi connectivity index (χ1v) is 7.64. The number of hydrogen-bond acceptors (Lipinski definition) is 4. The van der Waals surface area contributed by atoms with Gasteiger partial charge in [-0.2, -0.15) is 0 Å². The van der Waals surface area contributed by atoms with Crippen LogP contribution in [0.4, 0.5) is 5.13 Å². The van der Waals surface area contributed by atoms with Crippen molar-refractivity contribution in [3.8, 4) is 0 Å². The third-order valence-corrected chi connectivity index (χ3v) is 3.72. The van der Waals surface area contributed by atoms with Crippen LogP contribution in [0, 0.1) is 0 Å². The quantitative estimate of drug-likeness (QED) is 0.906. The molecule has 1 heterocycles. The largest absolute Gasteiger partial charge is 0.361 e. The number of anilines is 1. The molecule has 0 fully saturated rings. The van der Waals surface area contributed by atoms with Gasteiger partial charge in [0.1, 0.15) is 0 Å². The maximum atomic E-state index is 11.7. The zero-order valence-corrected chi connectivity index (χ0v) is 13.4. The highest BCUT2D eigenvalue weighted by molar-refractivity contribution is 7.22. The molecule has 0 unspecified atom stereocenters. The standard InChI is InChI=1S/C14H18ClN3OS/c1-14(2,3)18-12(19)6-7-16-13-17-10-8-9(15)4-5-11(10)20-13/h4-5,8H,6-7H2,1-3H3,(H,16,17)(H,18,19). The number of benzene rings is 1. The van der Waals surface area contributed by atoms with Crippen LogP contribution in [-0.2, 0) is 4.79 Å². The van der Waals surface area contributed by atoms with E-state index in [9.17, 15) is 4.79 Å². The molecule has 0 aliphatic carbocycles. The van der Waals surface area contributed by atoms with Crippen LogP contribution in [0.25, 0.3) is 10.2 Å². The third-order valence-electron chi connectivity index (χ3n) is 2.49. The molecule has 1 aromatic heterocycles. The summed E-state index contributed by atoms with van der Waals surface area (Å²) >= 11 is 7.48. The fraction of sp³-hybridized carbons (Fsp3) is 0.429. The number of thiazole rings is 1. The Labute approximate surface area is 127 Å². The van der Waals surface area contributed by atoms with Gasteiger partial charge in [0, 0.05) is 23.5 Å². The van der Waals surface area contributed by atoms with Crippen molar-refractivity contribution in [3.63, 3.8) is 0 Å². The molecule has 0 aliphatic rings. The van der Waals surface area contributed by atoms with Crippen LogP contribution in [0.5, 0.6) is 0 Å².